The van der Waals surface area contributed by atoms with Crippen LogP contribution in [0.25, 0.3) is 0 Å². The van der Waals surface area contributed by atoms with E-state index in [2.05, 4.69) is 26.8 Å². The van der Waals surface area contributed by atoms with Crippen LogP contribution in [0.1, 0.15) is 7.43 Å². The first-order chi connectivity index (χ1) is 3.71. The minimum absolute atomic E-state index is 0. The zero-order valence-corrected chi connectivity index (χ0v) is 13.0. The van der Waals surface area contributed by atoms with Gasteiger partial charge in [-0.3, -0.25) is 13.4 Å². The molecule has 12 heavy (non-hydrogen) atoms. The number of rotatable bonds is 2. The van der Waals surface area contributed by atoms with E-state index in [1.54, 1.807) is 0 Å². The average molecular weight is 275 g/mol. The summed E-state index contributed by atoms with van der Waals surface area (Å²) in [6.45, 7) is -9.55. The summed E-state index contributed by atoms with van der Waals surface area (Å²) in [5.41, 5.74) is 0. The summed E-state index contributed by atoms with van der Waals surface area (Å²) < 4.78 is 22.7. The Balaban J connectivity index is -0.000000107. The smallest absolute Gasteiger partial charge is 0.766 e. The van der Waals surface area contributed by atoms with E-state index in [0.717, 1.165) is 0 Å². The molecule has 0 aliphatic rings. The molecule has 0 saturated heterocycles. The van der Waals surface area contributed by atoms with E-state index >= 15 is 0 Å². The third-order valence-corrected chi connectivity index (χ3v) is 2.87. The molecule has 0 aromatic heterocycles. The van der Waals surface area contributed by atoms with E-state index in [9.17, 15) is 18.9 Å². The summed E-state index contributed by atoms with van der Waals surface area (Å²) in [4.78, 5) is 19.5. The van der Waals surface area contributed by atoms with Crippen LogP contribution in [-0.4, -0.2) is 0 Å². The summed E-state index contributed by atoms with van der Waals surface area (Å²) >= 11 is 8.68. The van der Waals surface area contributed by atoms with Crippen LogP contribution in [0.4, 0.5) is 0 Å². The molecule has 0 aliphatic carbocycles. The van der Waals surface area contributed by atoms with Crippen LogP contribution in [0, 0.1) is 0 Å². The summed E-state index contributed by atoms with van der Waals surface area (Å²) in [6.07, 6.45) is 0. The fourth-order valence-corrected chi connectivity index (χ4v) is 2.80. The largest absolute Gasteiger partial charge is 1.00 e. The molecule has 2 atom stereocenters. The summed E-state index contributed by atoms with van der Waals surface area (Å²) in [5.74, 6) is 0. The Morgan fingerprint density at radius 2 is 1.17 bits per heavy atom. The van der Waals surface area contributed by atoms with Crippen molar-refractivity contribution in [3.8, 4) is 0 Å². The Hall–Kier alpha value is 2.92. The second-order valence-electron chi connectivity index (χ2n) is 0.943. The molecule has 0 aromatic carbocycles. The Morgan fingerprint density at radius 3 is 1.17 bits per heavy atom. The van der Waals surface area contributed by atoms with Crippen molar-refractivity contribution >= 4 is 36.4 Å². The van der Waals surface area contributed by atoms with Gasteiger partial charge in [0, 0.05) is 0 Å². The molecule has 0 rings (SSSR count). The fourth-order valence-electron chi connectivity index (χ4n) is 0.116. The van der Waals surface area contributed by atoms with Crippen molar-refractivity contribution in [2.75, 3.05) is 0 Å². The van der Waals surface area contributed by atoms with Crippen LogP contribution in [-0.2, 0) is 13.4 Å². The summed E-state index contributed by atoms with van der Waals surface area (Å²) in [6, 6.07) is 0. The Bertz CT molecular complexity index is 166. The molecule has 0 spiro atoms. The standard InChI is InChI=1S/CH4.Cl2H2O5P2.2Na/c;1-8(3,4)7-9(2,5)6;;/h1H4;(H,3,4)(H,5,6);;/q;;2*+1/p-2. The van der Waals surface area contributed by atoms with Gasteiger partial charge in [-0.2, -0.15) is 0 Å². The van der Waals surface area contributed by atoms with Crippen molar-refractivity contribution in [3.63, 3.8) is 0 Å². The predicted octanol–water partition coefficient (Wildman–Crippen LogP) is -4.94. The minimum Gasteiger partial charge on any atom is -0.766 e. The van der Waals surface area contributed by atoms with Gasteiger partial charge in [0.2, 0.25) is 13.9 Å². The second kappa shape index (κ2) is 9.17. The molecule has 0 aromatic rings. The molecule has 64 valence electrons. The van der Waals surface area contributed by atoms with Gasteiger partial charge in [0.15, 0.2) is 0 Å². The fraction of sp³-hybridized carbons (Fsp3) is 1.00. The maximum Gasteiger partial charge on any atom is 1.00 e. The molecule has 0 saturated carbocycles. The maximum atomic E-state index is 9.76. The molecule has 0 bridgehead atoms. The van der Waals surface area contributed by atoms with Gasteiger partial charge in [-0.05, 0) is 22.5 Å². The molecule has 0 fully saturated rings. The van der Waals surface area contributed by atoms with Gasteiger partial charge in [-0.25, -0.2) is 0 Å². The molecular formula is CH4Cl2Na2O5P2. The first-order valence-corrected chi connectivity index (χ1v) is 6.33. The number of hydrogen-bond donors (Lipinski definition) is 0. The first-order valence-electron chi connectivity index (χ1n) is 1.43. The Kier molecular flexibility index (Phi) is 18.5. The second-order valence-corrected chi connectivity index (χ2v) is 5.80. The van der Waals surface area contributed by atoms with Gasteiger partial charge in [0.25, 0.3) is 0 Å². The van der Waals surface area contributed by atoms with Crippen molar-refractivity contribution in [2.24, 2.45) is 0 Å². The Labute approximate surface area is 124 Å². The van der Waals surface area contributed by atoms with Crippen LogP contribution < -0.4 is 68.9 Å². The average Bonchev–Trinajstić information content (AvgIpc) is 1.14. The van der Waals surface area contributed by atoms with Gasteiger partial charge >= 0.3 is 59.1 Å². The molecule has 0 aliphatic heterocycles. The third kappa shape index (κ3) is 23.1. The van der Waals surface area contributed by atoms with Crippen LogP contribution in [0.5, 0.6) is 0 Å². The topological polar surface area (TPSA) is 89.5 Å². The summed E-state index contributed by atoms with van der Waals surface area (Å²) in [7, 11) is 0. The van der Waals surface area contributed by atoms with Crippen molar-refractivity contribution < 1.29 is 82.3 Å². The van der Waals surface area contributed by atoms with Crippen LogP contribution in [0.15, 0.2) is 0 Å². The monoisotopic (exact) mass is 274 g/mol. The van der Waals surface area contributed by atoms with E-state index in [-0.39, 0.29) is 66.5 Å². The van der Waals surface area contributed by atoms with E-state index < -0.39 is 13.9 Å². The van der Waals surface area contributed by atoms with Gasteiger partial charge in [-0.1, -0.05) is 7.43 Å². The van der Waals surface area contributed by atoms with Crippen molar-refractivity contribution in [2.45, 2.75) is 7.43 Å². The van der Waals surface area contributed by atoms with E-state index in [0.29, 0.717) is 0 Å². The molecule has 2 unspecified atom stereocenters. The van der Waals surface area contributed by atoms with Gasteiger partial charge in [0.1, 0.15) is 0 Å². The van der Waals surface area contributed by atoms with Gasteiger partial charge in [0.05, 0.1) is 0 Å². The van der Waals surface area contributed by atoms with Gasteiger partial charge in [-0.15, -0.1) is 0 Å². The van der Waals surface area contributed by atoms with Crippen LogP contribution in [0.2, 0.25) is 0 Å². The molecule has 11 heteroatoms. The molecular weight excluding hydrogens is 271 g/mol. The summed E-state index contributed by atoms with van der Waals surface area (Å²) in [5, 5.41) is 0. The van der Waals surface area contributed by atoms with E-state index in [4.69, 9.17) is 0 Å². The van der Waals surface area contributed by atoms with Crippen LogP contribution >= 0.6 is 36.4 Å². The molecule has 0 radical (unpaired) electrons. The zero-order chi connectivity index (χ0) is 7.71. The molecule has 0 N–H and O–H groups in total. The number of hydrogen-bond acceptors (Lipinski definition) is 5. The van der Waals surface area contributed by atoms with Gasteiger partial charge < -0.3 is 9.79 Å². The molecule has 5 nitrogen and oxygen atoms in total. The minimum atomic E-state index is -4.77. The van der Waals surface area contributed by atoms with Crippen LogP contribution in [0.3, 0.4) is 0 Å². The van der Waals surface area contributed by atoms with E-state index in [1.807, 2.05) is 0 Å². The molecule has 0 heterocycles. The number of halogens is 2. The quantitative estimate of drug-likeness (QED) is 0.372. The van der Waals surface area contributed by atoms with Crippen molar-refractivity contribution in [1.29, 1.82) is 0 Å². The zero-order valence-electron chi connectivity index (χ0n) is 5.69. The first kappa shape index (κ1) is 24.2. The maximum absolute atomic E-state index is 9.76. The van der Waals surface area contributed by atoms with E-state index in [1.165, 1.54) is 0 Å². The normalized spacial score (nSPS) is 18.3. The third-order valence-electron chi connectivity index (χ3n) is 0.195. The Morgan fingerprint density at radius 1 is 1.00 bits per heavy atom. The predicted molar refractivity (Wildman–Crippen MR) is 34.7 cm³/mol. The van der Waals surface area contributed by atoms with Crippen molar-refractivity contribution in [1.82, 2.24) is 0 Å². The van der Waals surface area contributed by atoms with Crippen molar-refractivity contribution in [3.05, 3.63) is 0 Å². The SMILES string of the molecule is C.O=P([O-])(Cl)OP(=O)([O-])Cl.[Na+].[Na+]. The molecule has 0 amide bonds.